The van der Waals surface area contributed by atoms with Crippen LogP contribution in [0.3, 0.4) is 0 Å². The van der Waals surface area contributed by atoms with Crippen molar-refractivity contribution in [1.82, 2.24) is 9.80 Å². The van der Waals surface area contributed by atoms with E-state index in [9.17, 15) is 17.6 Å². The van der Waals surface area contributed by atoms with Gasteiger partial charge in [-0.15, -0.1) is 0 Å². The second kappa shape index (κ2) is 10.6. The molecule has 1 amide bonds. The van der Waals surface area contributed by atoms with Crippen LogP contribution in [0.4, 0.5) is 4.39 Å². The van der Waals surface area contributed by atoms with Gasteiger partial charge in [0.15, 0.2) is 6.61 Å². The molecule has 0 saturated carbocycles. The Morgan fingerprint density at radius 2 is 1.94 bits per heavy atom. The smallest absolute Gasteiger partial charge is 0.269 e. The van der Waals surface area contributed by atoms with E-state index in [1.165, 1.54) is 30.3 Å². The predicted molar refractivity (Wildman–Crippen MR) is 120 cm³/mol. The average molecular weight is 485 g/mol. The van der Waals surface area contributed by atoms with Gasteiger partial charge in [-0.1, -0.05) is 30.7 Å². The van der Waals surface area contributed by atoms with Crippen molar-refractivity contribution < 1.29 is 26.9 Å². The highest BCUT2D eigenvalue weighted by atomic mass is 35.5. The van der Waals surface area contributed by atoms with E-state index in [2.05, 4.69) is 4.90 Å². The van der Waals surface area contributed by atoms with Gasteiger partial charge in [0.1, 0.15) is 17.3 Å². The second-order valence-electron chi connectivity index (χ2n) is 7.78. The molecule has 7 nitrogen and oxygen atoms in total. The third kappa shape index (κ3) is 6.90. The van der Waals surface area contributed by atoms with Crippen molar-refractivity contribution in [2.75, 3.05) is 26.2 Å². The van der Waals surface area contributed by atoms with Crippen molar-refractivity contribution in [3.05, 3.63) is 64.4 Å². The number of carbonyl (C=O) groups excluding carboxylic acids is 1. The first-order chi connectivity index (χ1) is 15.1. The fourth-order valence-corrected chi connectivity index (χ4v) is 4.62. The highest BCUT2D eigenvalue weighted by molar-refractivity contribution is 7.85. The van der Waals surface area contributed by atoms with E-state index >= 15 is 0 Å². The molecule has 1 aliphatic heterocycles. The quantitative estimate of drug-likeness (QED) is 0.578. The Bertz CT molecular complexity index is 1050. The van der Waals surface area contributed by atoms with Crippen LogP contribution in [0.5, 0.6) is 5.75 Å². The number of hydrogen-bond donors (Lipinski definition) is 1. The van der Waals surface area contributed by atoms with Crippen LogP contribution in [-0.4, -0.2) is 61.0 Å². The number of ether oxygens (including phenoxy) is 1. The topological polar surface area (TPSA) is 87.2 Å². The zero-order chi connectivity index (χ0) is 23.3. The molecule has 1 N–H and O–H groups in total. The summed E-state index contributed by atoms with van der Waals surface area (Å²) in [6, 6.07) is 10.8. The summed E-state index contributed by atoms with van der Waals surface area (Å²) in [5.74, 6) is -0.943. The van der Waals surface area contributed by atoms with Gasteiger partial charge in [-0.25, -0.2) is 4.39 Å². The number of nitrogens with zero attached hydrogens (tertiary/aromatic N) is 2. The maximum absolute atomic E-state index is 13.1. The van der Waals surface area contributed by atoms with Crippen LogP contribution in [0.1, 0.15) is 24.5 Å². The molecule has 1 unspecified atom stereocenters. The van der Waals surface area contributed by atoms with Gasteiger partial charge >= 0.3 is 0 Å². The Kier molecular flexibility index (Phi) is 8.10. The summed E-state index contributed by atoms with van der Waals surface area (Å²) in [5, 5.41) is 0.297. The van der Waals surface area contributed by atoms with E-state index < -0.39 is 15.9 Å². The molecule has 2 aromatic carbocycles. The molecule has 1 saturated heterocycles. The van der Waals surface area contributed by atoms with Crippen LogP contribution in [-0.2, 0) is 27.2 Å². The third-order valence-corrected chi connectivity index (χ3v) is 6.30. The molecular formula is C22H26ClFN2O5S. The summed E-state index contributed by atoms with van der Waals surface area (Å²) in [6.07, 6.45) is 0.764. The zero-order valence-electron chi connectivity index (χ0n) is 17.7. The minimum absolute atomic E-state index is 0.00260. The number of halogens is 2. The lowest BCUT2D eigenvalue weighted by molar-refractivity contribution is -0.138. The Labute approximate surface area is 192 Å². The van der Waals surface area contributed by atoms with E-state index in [0.717, 1.165) is 12.0 Å². The normalized spacial score (nSPS) is 17.4. The fourth-order valence-electron chi connectivity index (χ4n) is 3.81. The summed E-state index contributed by atoms with van der Waals surface area (Å²) >= 11 is 5.92. The highest BCUT2D eigenvalue weighted by Gasteiger charge is 2.29. The van der Waals surface area contributed by atoms with Crippen molar-refractivity contribution in [3.63, 3.8) is 0 Å². The summed E-state index contributed by atoms with van der Waals surface area (Å²) < 4.78 is 50.4. The molecule has 10 heteroatoms. The van der Waals surface area contributed by atoms with Gasteiger partial charge < -0.3 is 9.64 Å². The molecule has 0 bridgehead atoms. The van der Waals surface area contributed by atoms with Gasteiger partial charge in [0.05, 0.1) is 0 Å². The highest BCUT2D eigenvalue weighted by Crippen LogP contribution is 2.25. The van der Waals surface area contributed by atoms with Crippen LogP contribution in [0.25, 0.3) is 0 Å². The van der Waals surface area contributed by atoms with Crippen molar-refractivity contribution in [2.24, 2.45) is 0 Å². The van der Waals surface area contributed by atoms with Crippen LogP contribution >= 0.6 is 11.6 Å². The maximum Gasteiger partial charge on any atom is 0.269 e. The first-order valence-electron chi connectivity index (χ1n) is 10.3. The number of benzene rings is 2. The van der Waals surface area contributed by atoms with Gasteiger partial charge in [-0.2, -0.15) is 8.42 Å². The van der Waals surface area contributed by atoms with E-state index in [-0.39, 0.29) is 35.7 Å². The summed E-state index contributed by atoms with van der Waals surface area (Å²) in [4.78, 5) is 16.9. The molecule has 1 aliphatic rings. The molecule has 0 aromatic heterocycles. The van der Waals surface area contributed by atoms with Crippen molar-refractivity contribution in [2.45, 2.75) is 31.7 Å². The Balaban J connectivity index is 1.60. The Morgan fingerprint density at radius 3 is 2.59 bits per heavy atom. The minimum atomic E-state index is -4.28. The van der Waals surface area contributed by atoms with Gasteiger partial charge in [0.25, 0.3) is 16.0 Å². The molecule has 1 heterocycles. The van der Waals surface area contributed by atoms with Crippen molar-refractivity contribution in [1.29, 1.82) is 0 Å². The minimum Gasteiger partial charge on any atom is -0.483 e. The Hall–Kier alpha value is -2.20. The molecule has 2 aromatic rings. The molecule has 0 aliphatic carbocycles. The second-order valence-corrected chi connectivity index (χ2v) is 9.67. The largest absolute Gasteiger partial charge is 0.483 e. The number of amides is 1. The SMILES string of the molecule is CCC1CN(Cc2ccc(F)cc2)CCN1C(=O)COc1ccc(Cl)cc1CS(=O)(=O)O. The monoisotopic (exact) mass is 484 g/mol. The zero-order valence-corrected chi connectivity index (χ0v) is 19.3. The van der Waals surface area contributed by atoms with Gasteiger partial charge in [0.2, 0.25) is 0 Å². The molecule has 174 valence electrons. The standard InChI is InChI=1S/C22H26ClFN2O5S/c1-2-20-13-25(12-16-3-6-19(24)7-4-16)9-10-26(20)22(27)14-31-21-8-5-18(23)11-17(21)15-32(28,29)30/h3-8,11,20H,2,9-10,12-15H2,1H3,(H,28,29,30). The first kappa shape index (κ1) is 24.4. The van der Waals surface area contributed by atoms with Crippen LogP contribution in [0.15, 0.2) is 42.5 Å². The van der Waals surface area contributed by atoms with Gasteiger partial charge in [0, 0.05) is 42.8 Å². The lowest BCUT2D eigenvalue weighted by Gasteiger charge is -2.41. The first-order valence-corrected chi connectivity index (χ1v) is 12.3. The molecule has 32 heavy (non-hydrogen) atoms. The lowest BCUT2D eigenvalue weighted by Crippen LogP contribution is -2.55. The molecule has 0 radical (unpaired) electrons. The molecule has 3 rings (SSSR count). The van der Waals surface area contributed by atoms with Crippen LogP contribution in [0.2, 0.25) is 5.02 Å². The summed E-state index contributed by atoms with van der Waals surface area (Å²) in [5.41, 5.74) is 1.20. The Morgan fingerprint density at radius 1 is 1.22 bits per heavy atom. The third-order valence-electron chi connectivity index (χ3n) is 5.39. The van der Waals surface area contributed by atoms with Crippen LogP contribution < -0.4 is 4.74 Å². The number of hydrogen-bond acceptors (Lipinski definition) is 5. The fraction of sp³-hybridized carbons (Fsp3) is 0.409. The molecule has 0 spiro atoms. The summed E-state index contributed by atoms with van der Waals surface area (Å²) in [6.45, 7) is 4.33. The summed E-state index contributed by atoms with van der Waals surface area (Å²) in [7, 11) is -4.28. The molecule has 1 fully saturated rings. The van der Waals surface area contributed by atoms with Crippen LogP contribution in [0, 0.1) is 5.82 Å². The van der Waals surface area contributed by atoms with E-state index in [4.69, 9.17) is 20.9 Å². The van der Waals surface area contributed by atoms with E-state index in [1.54, 1.807) is 17.0 Å². The molecule has 1 atom stereocenters. The van der Waals surface area contributed by atoms with Crippen molar-refractivity contribution >= 4 is 27.6 Å². The van der Waals surface area contributed by atoms with Crippen molar-refractivity contribution in [3.8, 4) is 5.75 Å². The maximum atomic E-state index is 13.1. The number of piperazine rings is 1. The lowest BCUT2D eigenvalue weighted by atomic mass is 10.1. The van der Waals surface area contributed by atoms with Gasteiger partial charge in [-0.3, -0.25) is 14.2 Å². The predicted octanol–water partition coefficient (Wildman–Crippen LogP) is 3.37. The number of carbonyl (C=O) groups is 1. The van der Waals surface area contributed by atoms with Gasteiger partial charge in [-0.05, 0) is 42.3 Å². The van der Waals surface area contributed by atoms with E-state index in [1.807, 2.05) is 6.92 Å². The van der Waals surface area contributed by atoms with E-state index in [0.29, 0.717) is 31.2 Å². The molecular weight excluding hydrogens is 459 g/mol. The number of rotatable bonds is 8. The average Bonchev–Trinajstić information content (AvgIpc) is 2.73.